The van der Waals surface area contributed by atoms with Gasteiger partial charge >= 0.3 is 5.97 Å². The molecule has 1 rings (SSSR count). The second kappa shape index (κ2) is 15.6. The van der Waals surface area contributed by atoms with Gasteiger partial charge in [-0.15, -0.1) is 0 Å². The molecule has 0 saturated carbocycles. The minimum absolute atomic E-state index is 0.0269. The predicted octanol–water partition coefficient (Wildman–Crippen LogP) is 2.67. The molecule has 0 radical (unpaired) electrons. The number of anilines is 1. The first-order valence-electron chi connectivity index (χ1n) is 12.7. The number of hydrogen-bond donors (Lipinski definition) is 4. The zero-order valence-electron chi connectivity index (χ0n) is 22.9. The molecule has 1 unspecified atom stereocenters. The van der Waals surface area contributed by atoms with E-state index in [-0.39, 0.29) is 43.3 Å². The van der Waals surface area contributed by atoms with Crippen molar-refractivity contribution in [3.05, 3.63) is 29.8 Å². The number of benzene rings is 1. The third-order valence-electron chi connectivity index (χ3n) is 5.38. The molecule has 10 nitrogen and oxygen atoms in total. The lowest BCUT2D eigenvalue weighted by Crippen LogP contribution is -2.51. The topological polar surface area (TPSA) is 143 Å². The van der Waals surface area contributed by atoms with Gasteiger partial charge in [-0.2, -0.15) is 0 Å². The van der Waals surface area contributed by atoms with E-state index in [2.05, 4.69) is 21.3 Å². The fourth-order valence-corrected chi connectivity index (χ4v) is 3.08. The first kappa shape index (κ1) is 31.6. The first-order valence-corrected chi connectivity index (χ1v) is 12.7. The molecule has 1 atom stereocenters. The summed E-state index contributed by atoms with van der Waals surface area (Å²) in [5.41, 5.74) is 0.739. The zero-order chi connectivity index (χ0) is 28.0. The van der Waals surface area contributed by atoms with E-state index >= 15 is 0 Å². The highest BCUT2D eigenvalue weighted by Gasteiger charge is 2.24. The van der Waals surface area contributed by atoms with Crippen LogP contribution in [-0.4, -0.2) is 48.7 Å². The highest BCUT2D eigenvalue weighted by Crippen LogP contribution is 2.17. The van der Waals surface area contributed by atoms with Gasteiger partial charge in [0, 0.05) is 25.1 Å². The second-order valence-corrected chi connectivity index (χ2v) is 10.2. The summed E-state index contributed by atoms with van der Waals surface area (Å²) >= 11 is 0. The van der Waals surface area contributed by atoms with E-state index in [1.54, 1.807) is 52.0 Å². The summed E-state index contributed by atoms with van der Waals surface area (Å²) in [6, 6.07) is 6.09. The third-order valence-corrected chi connectivity index (χ3v) is 5.38. The zero-order valence-corrected chi connectivity index (χ0v) is 22.9. The number of carbonyl (C=O) groups excluding carboxylic acids is 5. The number of hydrogen-bond acceptors (Lipinski definition) is 6. The summed E-state index contributed by atoms with van der Waals surface area (Å²) in [5.74, 6) is -1.60. The SMILES string of the molecule is CCC(=O)NCCCCC(=O)NC(C(=O)NCC(=O)Nc1ccc(COC(=O)C(C)(C)C)cc1)C(C)C. The minimum Gasteiger partial charge on any atom is -0.460 e. The maximum absolute atomic E-state index is 12.6. The number of unbranched alkanes of at least 4 members (excludes halogenated alkanes) is 1. The average molecular weight is 519 g/mol. The van der Waals surface area contributed by atoms with E-state index in [0.29, 0.717) is 31.5 Å². The van der Waals surface area contributed by atoms with Gasteiger partial charge in [0.05, 0.1) is 12.0 Å². The van der Waals surface area contributed by atoms with Crippen molar-refractivity contribution in [2.75, 3.05) is 18.4 Å². The maximum atomic E-state index is 12.6. The normalized spacial score (nSPS) is 11.9. The van der Waals surface area contributed by atoms with Crippen LogP contribution in [0.5, 0.6) is 0 Å². The summed E-state index contributed by atoms with van der Waals surface area (Å²) in [6.07, 6.45) is 1.92. The van der Waals surface area contributed by atoms with E-state index in [9.17, 15) is 24.0 Å². The smallest absolute Gasteiger partial charge is 0.311 e. The van der Waals surface area contributed by atoms with Crippen LogP contribution in [0.2, 0.25) is 0 Å². The average Bonchev–Trinajstić information content (AvgIpc) is 2.84. The van der Waals surface area contributed by atoms with Gasteiger partial charge in [-0.05, 0) is 57.2 Å². The van der Waals surface area contributed by atoms with Gasteiger partial charge in [0.1, 0.15) is 12.6 Å². The van der Waals surface area contributed by atoms with Crippen LogP contribution in [-0.2, 0) is 35.3 Å². The summed E-state index contributed by atoms with van der Waals surface area (Å²) in [5, 5.41) is 10.8. The van der Waals surface area contributed by atoms with Gasteiger partial charge in [0.2, 0.25) is 23.6 Å². The Morgan fingerprint density at radius 2 is 1.54 bits per heavy atom. The van der Waals surface area contributed by atoms with E-state index < -0.39 is 23.3 Å². The van der Waals surface area contributed by atoms with E-state index in [1.165, 1.54) is 0 Å². The fourth-order valence-electron chi connectivity index (χ4n) is 3.08. The van der Waals surface area contributed by atoms with Crippen LogP contribution < -0.4 is 21.3 Å². The summed E-state index contributed by atoms with van der Waals surface area (Å²) in [7, 11) is 0. The lowest BCUT2D eigenvalue weighted by Gasteiger charge is -2.21. The molecule has 1 aromatic rings. The van der Waals surface area contributed by atoms with Crippen LogP contribution in [0.25, 0.3) is 0 Å². The number of nitrogens with one attached hydrogen (secondary N) is 4. The van der Waals surface area contributed by atoms with Crippen molar-refractivity contribution in [2.45, 2.75) is 79.9 Å². The molecular formula is C27H42N4O6. The summed E-state index contributed by atoms with van der Waals surface area (Å²) in [4.78, 5) is 60.3. The molecule has 0 heterocycles. The summed E-state index contributed by atoms with van der Waals surface area (Å²) < 4.78 is 5.27. The van der Waals surface area contributed by atoms with Crippen molar-refractivity contribution >= 4 is 35.3 Å². The van der Waals surface area contributed by atoms with E-state index in [0.717, 1.165) is 5.56 Å². The van der Waals surface area contributed by atoms with Crippen LogP contribution in [0, 0.1) is 11.3 Å². The molecule has 0 aromatic heterocycles. The van der Waals surface area contributed by atoms with Gasteiger partial charge in [0.25, 0.3) is 0 Å². The molecule has 0 fully saturated rings. The van der Waals surface area contributed by atoms with Gasteiger partial charge in [-0.3, -0.25) is 24.0 Å². The Hall–Kier alpha value is -3.43. The maximum Gasteiger partial charge on any atom is 0.311 e. The Morgan fingerprint density at radius 1 is 0.892 bits per heavy atom. The number of esters is 1. The van der Waals surface area contributed by atoms with Crippen LogP contribution in [0.4, 0.5) is 5.69 Å². The van der Waals surface area contributed by atoms with Crippen LogP contribution in [0.15, 0.2) is 24.3 Å². The van der Waals surface area contributed by atoms with E-state index in [1.807, 2.05) is 13.8 Å². The lowest BCUT2D eigenvalue weighted by atomic mass is 9.97. The molecular weight excluding hydrogens is 476 g/mol. The molecule has 0 saturated heterocycles. The van der Waals surface area contributed by atoms with E-state index in [4.69, 9.17) is 4.74 Å². The van der Waals surface area contributed by atoms with Crippen molar-refractivity contribution in [2.24, 2.45) is 11.3 Å². The Balaban J connectivity index is 2.44. The monoisotopic (exact) mass is 518 g/mol. The standard InChI is InChI=1S/C27H42N4O6/c1-7-21(32)28-15-9-8-10-22(33)31-24(18(2)3)25(35)29-16-23(34)30-20-13-11-19(12-14-20)17-37-26(36)27(4,5)6/h11-14,18,24H,7-10,15-17H2,1-6H3,(H,28,32)(H,29,35)(H,30,34)(H,31,33). The minimum atomic E-state index is -0.768. The van der Waals surface area contributed by atoms with Crippen molar-refractivity contribution in [1.29, 1.82) is 0 Å². The van der Waals surface area contributed by atoms with Crippen molar-refractivity contribution in [1.82, 2.24) is 16.0 Å². The van der Waals surface area contributed by atoms with Crippen molar-refractivity contribution in [3.63, 3.8) is 0 Å². The molecule has 1 aromatic carbocycles. The van der Waals surface area contributed by atoms with Crippen LogP contribution in [0.3, 0.4) is 0 Å². The fraction of sp³-hybridized carbons (Fsp3) is 0.593. The van der Waals surface area contributed by atoms with Gasteiger partial charge in [0.15, 0.2) is 0 Å². The molecule has 0 spiro atoms. The Bertz CT molecular complexity index is 922. The first-order chi connectivity index (χ1) is 17.3. The Labute approximate surface area is 219 Å². The largest absolute Gasteiger partial charge is 0.460 e. The Morgan fingerprint density at radius 3 is 2.11 bits per heavy atom. The number of ether oxygens (including phenoxy) is 1. The summed E-state index contributed by atoms with van der Waals surface area (Å²) in [6.45, 7) is 11.1. The quantitative estimate of drug-likeness (QED) is 0.220. The molecule has 0 bridgehead atoms. The third kappa shape index (κ3) is 12.9. The number of rotatable bonds is 14. The van der Waals surface area contributed by atoms with Crippen molar-refractivity contribution in [3.8, 4) is 0 Å². The molecule has 206 valence electrons. The highest BCUT2D eigenvalue weighted by atomic mass is 16.5. The Kier molecular flexibility index (Phi) is 13.4. The van der Waals surface area contributed by atoms with Crippen LogP contribution >= 0.6 is 0 Å². The highest BCUT2D eigenvalue weighted by molar-refractivity contribution is 5.96. The lowest BCUT2D eigenvalue weighted by molar-refractivity contribution is -0.154. The number of amides is 4. The number of carbonyl (C=O) groups is 5. The van der Waals surface area contributed by atoms with Crippen molar-refractivity contribution < 1.29 is 28.7 Å². The molecule has 0 aliphatic carbocycles. The molecule has 0 aliphatic rings. The molecule has 4 amide bonds. The van der Waals surface area contributed by atoms with Gasteiger partial charge in [-0.1, -0.05) is 32.9 Å². The van der Waals surface area contributed by atoms with Crippen LogP contribution in [0.1, 0.15) is 72.8 Å². The van der Waals surface area contributed by atoms with Gasteiger partial charge < -0.3 is 26.0 Å². The van der Waals surface area contributed by atoms with Gasteiger partial charge in [-0.25, -0.2) is 0 Å². The molecule has 0 aliphatic heterocycles. The second-order valence-electron chi connectivity index (χ2n) is 10.2. The molecule has 37 heavy (non-hydrogen) atoms. The predicted molar refractivity (Wildman–Crippen MR) is 141 cm³/mol. The molecule has 10 heteroatoms. The molecule has 4 N–H and O–H groups in total.